The maximum atomic E-state index is 12.7. The Hall–Kier alpha value is -4.10. The number of carbonyl (C=O) groups excluding carboxylic acids is 2. The van der Waals surface area contributed by atoms with Gasteiger partial charge >= 0.3 is 6.09 Å². The van der Waals surface area contributed by atoms with Crippen LogP contribution in [-0.2, 0) is 16.1 Å². The normalized spacial score (nSPS) is 15.4. The fourth-order valence-electron chi connectivity index (χ4n) is 3.71. The van der Waals surface area contributed by atoms with Gasteiger partial charge in [-0.1, -0.05) is 0 Å². The zero-order valence-corrected chi connectivity index (χ0v) is 20.7. The maximum Gasteiger partial charge on any atom is 0.408 e. The van der Waals surface area contributed by atoms with Gasteiger partial charge in [0.2, 0.25) is 5.91 Å². The van der Waals surface area contributed by atoms with Gasteiger partial charge in [0, 0.05) is 13.1 Å². The Labute approximate surface area is 208 Å². The standard InChI is InChI=1S/C22H30N10O4/c1-15(26-21(34)36-22(2,3)4)20(33)30-9-7-17(8-10-30)32-25-11-16(27-32)13-35-18-5-6-19(23-12-18)31-14-24-28-29-31/h5-6,11-12,14-15,17H,7-10,13H2,1-4H3,(H,26,34). The molecule has 0 aromatic carbocycles. The third-order valence-electron chi connectivity index (χ3n) is 5.45. The van der Waals surface area contributed by atoms with Crippen molar-refractivity contribution in [1.29, 1.82) is 0 Å². The lowest BCUT2D eigenvalue weighted by Gasteiger charge is -2.33. The lowest BCUT2D eigenvalue weighted by atomic mass is 10.0. The fourth-order valence-corrected chi connectivity index (χ4v) is 3.71. The average molecular weight is 499 g/mol. The van der Waals surface area contributed by atoms with E-state index in [-0.39, 0.29) is 18.6 Å². The summed E-state index contributed by atoms with van der Waals surface area (Å²) >= 11 is 0. The number of ether oxygens (including phenoxy) is 2. The SMILES string of the molecule is CC(NC(=O)OC(C)(C)C)C(=O)N1CCC(n2ncc(COc3ccc(-n4cnnn4)nc3)n2)CC1. The molecule has 2 amide bonds. The van der Waals surface area contributed by atoms with E-state index in [4.69, 9.17) is 9.47 Å². The van der Waals surface area contributed by atoms with Crippen molar-refractivity contribution in [2.45, 2.75) is 64.8 Å². The van der Waals surface area contributed by atoms with E-state index in [1.54, 1.807) is 61.9 Å². The number of hydrogen-bond donors (Lipinski definition) is 1. The van der Waals surface area contributed by atoms with E-state index in [9.17, 15) is 9.59 Å². The number of tetrazole rings is 1. The minimum absolute atomic E-state index is 0.0779. The molecule has 192 valence electrons. The first-order valence-electron chi connectivity index (χ1n) is 11.7. The number of amides is 2. The summed E-state index contributed by atoms with van der Waals surface area (Å²) in [4.78, 5) is 32.4. The molecule has 1 atom stereocenters. The van der Waals surface area contributed by atoms with Crippen LogP contribution < -0.4 is 10.1 Å². The minimum atomic E-state index is -0.667. The largest absolute Gasteiger partial charge is 0.486 e. The average Bonchev–Trinajstić information content (AvgIpc) is 3.54. The van der Waals surface area contributed by atoms with Crippen LogP contribution in [0.4, 0.5) is 4.79 Å². The molecular weight excluding hydrogens is 468 g/mol. The van der Waals surface area contributed by atoms with E-state index in [0.717, 1.165) is 0 Å². The van der Waals surface area contributed by atoms with Crippen molar-refractivity contribution in [2.75, 3.05) is 13.1 Å². The van der Waals surface area contributed by atoms with Crippen LogP contribution >= 0.6 is 0 Å². The molecule has 14 nitrogen and oxygen atoms in total. The zero-order chi connectivity index (χ0) is 25.7. The quantitative estimate of drug-likeness (QED) is 0.504. The highest BCUT2D eigenvalue weighted by atomic mass is 16.6. The van der Waals surface area contributed by atoms with E-state index in [1.807, 2.05) is 0 Å². The van der Waals surface area contributed by atoms with Gasteiger partial charge in [-0.25, -0.2) is 9.78 Å². The summed E-state index contributed by atoms with van der Waals surface area (Å²) in [5.74, 6) is 1.03. The molecule has 4 heterocycles. The Balaban J connectivity index is 1.23. The molecule has 0 aliphatic carbocycles. The summed E-state index contributed by atoms with van der Waals surface area (Å²) in [6.45, 7) is 8.34. The number of hydrogen-bond acceptors (Lipinski definition) is 10. The lowest BCUT2D eigenvalue weighted by Crippen LogP contribution is -2.50. The first-order valence-corrected chi connectivity index (χ1v) is 11.7. The summed E-state index contributed by atoms with van der Waals surface area (Å²) in [5.41, 5.74) is 0.0670. The van der Waals surface area contributed by atoms with E-state index in [1.165, 1.54) is 11.0 Å². The van der Waals surface area contributed by atoms with Crippen molar-refractivity contribution in [1.82, 2.24) is 50.4 Å². The van der Waals surface area contributed by atoms with Gasteiger partial charge < -0.3 is 19.7 Å². The topological polar surface area (TPSA) is 155 Å². The fraction of sp³-hybridized carbons (Fsp3) is 0.545. The molecule has 1 aliphatic heterocycles. The van der Waals surface area contributed by atoms with Crippen molar-refractivity contribution in [3.05, 3.63) is 36.5 Å². The zero-order valence-electron chi connectivity index (χ0n) is 20.7. The number of likely N-dealkylation sites (tertiary alicyclic amines) is 1. The highest BCUT2D eigenvalue weighted by molar-refractivity contribution is 5.85. The molecule has 1 aliphatic rings. The predicted molar refractivity (Wildman–Crippen MR) is 125 cm³/mol. The second-order valence-electron chi connectivity index (χ2n) is 9.48. The molecule has 0 bridgehead atoms. The smallest absolute Gasteiger partial charge is 0.408 e. The molecule has 14 heteroatoms. The highest BCUT2D eigenvalue weighted by Gasteiger charge is 2.29. The van der Waals surface area contributed by atoms with Crippen molar-refractivity contribution < 1.29 is 19.1 Å². The highest BCUT2D eigenvalue weighted by Crippen LogP contribution is 2.22. The summed E-state index contributed by atoms with van der Waals surface area (Å²) < 4.78 is 12.4. The Morgan fingerprint density at radius 1 is 1.19 bits per heavy atom. The first-order chi connectivity index (χ1) is 17.2. The summed E-state index contributed by atoms with van der Waals surface area (Å²) in [6.07, 6.45) is 5.54. The van der Waals surface area contributed by atoms with Crippen LogP contribution in [0.25, 0.3) is 5.82 Å². The van der Waals surface area contributed by atoms with Crippen LogP contribution in [0.1, 0.15) is 52.3 Å². The number of carbonyl (C=O) groups is 2. The minimum Gasteiger partial charge on any atom is -0.486 e. The summed E-state index contributed by atoms with van der Waals surface area (Å²) in [5, 5.41) is 22.5. The van der Waals surface area contributed by atoms with E-state index in [0.29, 0.717) is 43.2 Å². The Kier molecular flexibility index (Phi) is 7.41. The molecule has 0 saturated carbocycles. The molecule has 1 unspecified atom stereocenters. The van der Waals surface area contributed by atoms with Crippen LogP contribution in [0, 0.1) is 0 Å². The molecule has 36 heavy (non-hydrogen) atoms. The van der Waals surface area contributed by atoms with Crippen molar-refractivity contribution in [3.8, 4) is 11.6 Å². The second-order valence-corrected chi connectivity index (χ2v) is 9.48. The van der Waals surface area contributed by atoms with Gasteiger partial charge in [0.15, 0.2) is 5.82 Å². The summed E-state index contributed by atoms with van der Waals surface area (Å²) in [6, 6.07) is 2.94. The van der Waals surface area contributed by atoms with Crippen LogP contribution in [0.5, 0.6) is 5.75 Å². The van der Waals surface area contributed by atoms with Gasteiger partial charge in [-0.2, -0.15) is 19.7 Å². The van der Waals surface area contributed by atoms with Crippen LogP contribution in [0.15, 0.2) is 30.9 Å². The van der Waals surface area contributed by atoms with Gasteiger partial charge in [0.05, 0.1) is 18.4 Å². The predicted octanol–water partition coefficient (Wildman–Crippen LogP) is 1.30. The van der Waals surface area contributed by atoms with E-state index < -0.39 is 17.7 Å². The number of nitrogens with zero attached hydrogens (tertiary/aromatic N) is 9. The van der Waals surface area contributed by atoms with Crippen LogP contribution in [-0.4, -0.2) is 81.8 Å². The molecule has 1 N–H and O–H groups in total. The first kappa shape index (κ1) is 25.0. The Bertz CT molecular complexity index is 1150. The number of alkyl carbamates (subject to hydrolysis) is 1. The number of pyridine rings is 1. The Morgan fingerprint density at radius 2 is 1.97 bits per heavy atom. The van der Waals surface area contributed by atoms with Crippen molar-refractivity contribution in [2.24, 2.45) is 0 Å². The molecule has 1 fully saturated rings. The lowest BCUT2D eigenvalue weighted by molar-refractivity contribution is -0.134. The molecule has 0 spiro atoms. The Morgan fingerprint density at radius 3 is 2.61 bits per heavy atom. The van der Waals surface area contributed by atoms with E-state index >= 15 is 0 Å². The van der Waals surface area contributed by atoms with Crippen LogP contribution in [0.2, 0.25) is 0 Å². The number of aromatic nitrogens is 8. The monoisotopic (exact) mass is 498 g/mol. The van der Waals surface area contributed by atoms with Gasteiger partial charge in [-0.05, 0) is 63.1 Å². The van der Waals surface area contributed by atoms with Gasteiger partial charge in [0.1, 0.15) is 36.0 Å². The number of piperidine rings is 1. The molecule has 3 aromatic heterocycles. The van der Waals surface area contributed by atoms with Crippen molar-refractivity contribution >= 4 is 12.0 Å². The van der Waals surface area contributed by atoms with Crippen LogP contribution in [0.3, 0.4) is 0 Å². The molecule has 1 saturated heterocycles. The van der Waals surface area contributed by atoms with E-state index in [2.05, 4.69) is 36.0 Å². The third-order valence-corrected chi connectivity index (χ3v) is 5.45. The van der Waals surface area contributed by atoms with Gasteiger partial charge in [-0.3, -0.25) is 4.79 Å². The molecule has 4 rings (SSSR count). The molecule has 0 radical (unpaired) electrons. The van der Waals surface area contributed by atoms with Gasteiger partial charge in [0.25, 0.3) is 0 Å². The number of rotatable bonds is 7. The summed E-state index contributed by atoms with van der Waals surface area (Å²) in [7, 11) is 0. The second kappa shape index (κ2) is 10.7. The van der Waals surface area contributed by atoms with Crippen molar-refractivity contribution in [3.63, 3.8) is 0 Å². The number of nitrogens with one attached hydrogen (secondary N) is 1. The third kappa shape index (κ3) is 6.52. The molecule has 3 aromatic rings. The molecular formula is C22H30N10O4. The maximum absolute atomic E-state index is 12.7. The van der Waals surface area contributed by atoms with Gasteiger partial charge in [-0.15, -0.1) is 5.10 Å².